The van der Waals surface area contributed by atoms with Crippen molar-refractivity contribution in [2.24, 2.45) is 29.4 Å². The molecule has 3 saturated carbocycles. The predicted molar refractivity (Wildman–Crippen MR) is 40.8 cm³/mol. The van der Waals surface area contributed by atoms with Crippen LogP contribution in [0.1, 0.15) is 19.3 Å². The van der Waals surface area contributed by atoms with Crippen LogP contribution in [0.2, 0.25) is 0 Å². The van der Waals surface area contributed by atoms with E-state index in [2.05, 4.69) is 0 Å². The molecule has 3 aliphatic rings. The summed E-state index contributed by atoms with van der Waals surface area (Å²) >= 11 is 0. The van der Waals surface area contributed by atoms with Crippen LogP contribution in [0, 0.1) is 23.7 Å². The van der Waals surface area contributed by atoms with Gasteiger partial charge in [0.15, 0.2) is 0 Å². The van der Waals surface area contributed by atoms with E-state index in [9.17, 15) is 4.79 Å². The quantitative estimate of drug-likeness (QED) is 0.549. The maximum Gasteiger partial charge on any atom is 0.141 e. The van der Waals surface area contributed by atoms with E-state index in [4.69, 9.17) is 5.73 Å². The summed E-state index contributed by atoms with van der Waals surface area (Å²) in [6.07, 6.45) is 3.57. The van der Waals surface area contributed by atoms with Crippen molar-refractivity contribution in [3.63, 3.8) is 0 Å². The Morgan fingerprint density at radius 1 is 1.27 bits per heavy atom. The highest BCUT2D eigenvalue weighted by Gasteiger charge is 2.60. The van der Waals surface area contributed by atoms with Crippen LogP contribution in [-0.4, -0.2) is 11.8 Å². The molecule has 3 rings (SSSR count). The van der Waals surface area contributed by atoms with E-state index in [1.807, 2.05) is 0 Å². The van der Waals surface area contributed by atoms with Gasteiger partial charge in [-0.2, -0.15) is 0 Å². The van der Waals surface area contributed by atoms with Crippen molar-refractivity contribution < 1.29 is 4.79 Å². The maximum absolute atomic E-state index is 11.6. The molecule has 3 fully saturated rings. The molecule has 4 bridgehead atoms. The van der Waals surface area contributed by atoms with Crippen molar-refractivity contribution in [3.05, 3.63) is 0 Å². The van der Waals surface area contributed by atoms with Crippen LogP contribution in [0.25, 0.3) is 0 Å². The van der Waals surface area contributed by atoms with E-state index in [1.165, 1.54) is 6.42 Å². The van der Waals surface area contributed by atoms with E-state index in [0.717, 1.165) is 12.8 Å². The third-order valence-corrected chi connectivity index (χ3v) is 4.04. The fourth-order valence-electron chi connectivity index (χ4n) is 3.68. The molecular formula is C9H13NO. The first-order valence-electron chi connectivity index (χ1n) is 4.58. The van der Waals surface area contributed by atoms with Crippen LogP contribution >= 0.6 is 0 Å². The smallest absolute Gasteiger partial charge is 0.141 e. The first kappa shape index (κ1) is 6.18. The minimum atomic E-state index is 0.217. The Labute approximate surface area is 66.1 Å². The van der Waals surface area contributed by atoms with Gasteiger partial charge in [0.2, 0.25) is 0 Å². The van der Waals surface area contributed by atoms with Gasteiger partial charge in [-0.15, -0.1) is 0 Å². The lowest BCUT2D eigenvalue weighted by Gasteiger charge is -2.24. The lowest BCUT2D eigenvalue weighted by Crippen LogP contribution is -2.38. The molecule has 0 amide bonds. The first-order valence-corrected chi connectivity index (χ1v) is 4.58. The average Bonchev–Trinajstić information content (AvgIpc) is 2.50. The molecule has 3 aliphatic carbocycles. The highest BCUT2D eigenvalue weighted by Crippen LogP contribution is 2.58. The van der Waals surface area contributed by atoms with Crippen molar-refractivity contribution in [3.8, 4) is 0 Å². The van der Waals surface area contributed by atoms with E-state index in [0.29, 0.717) is 23.5 Å². The number of carbonyl (C=O) groups excluding carboxylic acids is 1. The molecule has 11 heavy (non-hydrogen) atoms. The Bertz CT molecular complexity index is 226. The normalized spacial score (nSPS) is 59.4. The van der Waals surface area contributed by atoms with Crippen LogP contribution in [-0.2, 0) is 4.79 Å². The Balaban J connectivity index is 2.05. The first-order chi connectivity index (χ1) is 5.29. The largest absolute Gasteiger partial charge is 0.327 e. The molecule has 0 unspecified atom stereocenters. The van der Waals surface area contributed by atoms with Gasteiger partial charge in [-0.3, -0.25) is 4.79 Å². The number of rotatable bonds is 0. The van der Waals surface area contributed by atoms with Crippen LogP contribution in [0.4, 0.5) is 0 Å². The molecule has 2 nitrogen and oxygen atoms in total. The van der Waals surface area contributed by atoms with Crippen LogP contribution in [0.15, 0.2) is 0 Å². The summed E-state index contributed by atoms with van der Waals surface area (Å²) < 4.78 is 0. The van der Waals surface area contributed by atoms with Gasteiger partial charge >= 0.3 is 0 Å². The summed E-state index contributed by atoms with van der Waals surface area (Å²) in [6.45, 7) is 0. The van der Waals surface area contributed by atoms with E-state index in [-0.39, 0.29) is 12.0 Å². The molecule has 2 N–H and O–H groups in total. The predicted octanol–water partition coefficient (Wildman–Crippen LogP) is 0.559. The van der Waals surface area contributed by atoms with Crippen molar-refractivity contribution >= 4 is 5.78 Å². The fourth-order valence-corrected chi connectivity index (χ4v) is 3.68. The van der Waals surface area contributed by atoms with Gasteiger partial charge in [0.05, 0.1) is 0 Å². The Hall–Kier alpha value is -0.370. The molecule has 0 aromatic carbocycles. The Kier molecular flexibility index (Phi) is 0.947. The Morgan fingerprint density at radius 2 is 2.09 bits per heavy atom. The summed E-state index contributed by atoms with van der Waals surface area (Å²) in [7, 11) is 0. The molecule has 0 heterocycles. The molecular weight excluding hydrogens is 138 g/mol. The topological polar surface area (TPSA) is 43.1 Å². The van der Waals surface area contributed by atoms with Crippen molar-refractivity contribution in [1.82, 2.24) is 0 Å². The average molecular weight is 151 g/mol. The van der Waals surface area contributed by atoms with Gasteiger partial charge in [0.25, 0.3) is 0 Å². The van der Waals surface area contributed by atoms with Crippen LogP contribution < -0.4 is 5.73 Å². The summed E-state index contributed by atoms with van der Waals surface area (Å²) in [5.74, 6) is 2.61. The third kappa shape index (κ3) is 0.527. The van der Waals surface area contributed by atoms with Crippen LogP contribution in [0.3, 0.4) is 0 Å². The van der Waals surface area contributed by atoms with E-state index >= 15 is 0 Å². The highest BCUT2D eigenvalue weighted by atomic mass is 16.1. The molecule has 5 atom stereocenters. The molecule has 0 spiro atoms. The SMILES string of the molecule is N[C@@H]1C[C@H]2[C@H]3CC[C@H]2C(=O)[C@H]31. The van der Waals surface area contributed by atoms with Crippen LogP contribution in [0.5, 0.6) is 0 Å². The second kappa shape index (κ2) is 1.69. The van der Waals surface area contributed by atoms with Crippen molar-refractivity contribution in [1.29, 1.82) is 0 Å². The third-order valence-electron chi connectivity index (χ3n) is 4.04. The number of carbonyl (C=O) groups is 1. The number of hydrogen-bond acceptors (Lipinski definition) is 2. The molecule has 60 valence electrons. The second-order valence-corrected chi connectivity index (χ2v) is 4.34. The summed E-state index contributed by atoms with van der Waals surface area (Å²) in [4.78, 5) is 11.6. The molecule has 2 heteroatoms. The number of ketones is 1. The second-order valence-electron chi connectivity index (χ2n) is 4.34. The fraction of sp³-hybridized carbons (Fsp3) is 0.889. The van der Waals surface area contributed by atoms with Crippen molar-refractivity contribution in [2.45, 2.75) is 25.3 Å². The molecule has 0 aliphatic heterocycles. The van der Waals surface area contributed by atoms with Gasteiger partial charge in [-0.25, -0.2) is 0 Å². The van der Waals surface area contributed by atoms with Gasteiger partial charge in [0, 0.05) is 17.9 Å². The number of hydrogen-bond donors (Lipinski definition) is 1. The molecule has 0 aromatic rings. The lowest BCUT2D eigenvalue weighted by atomic mass is 9.82. The Morgan fingerprint density at radius 3 is 2.64 bits per heavy atom. The van der Waals surface area contributed by atoms with E-state index < -0.39 is 0 Å². The van der Waals surface area contributed by atoms with Crippen molar-refractivity contribution in [2.75, 3.05) is 0 Å². The minimum Gasteiger partial charge on any atom is -0.327 e. The summed E-state index contributed by atoms with van der Waals surface area (Å²) in [6, 6.07) is 0.217. The highest BCUT2D eigenvalue weighted by molar-refractivity contribution is 5.89. The monoisotopic (exact) mass is 151 g/mol. The molecule has 0 saturated heterocycles. The van der Waals surface area contributed by atoms with Gasteiger partial charge in [0.1, 0.15) is 5.78 Å². The lowest BCUT2D eigenvalue weighted by molar-refractivity contribution is -0.127. The minimum absolute atomic E-state index is 0.217. The summed E-state index contributed by atoms with van der Waals surface area (Å²) in [5, 5.41) is 0. The van der Waals surface area contributed by atoms with Gasteiger partial charge in [-0.1, -0.05) is 0 Å². The standard InChI is InChI=1S/C9H13NO/c10-7-3-6-4-1-2-5(6)9(11)8(4)7/h4-8H,1-3,10H2/t4-,5-,6+,7-,8-/m1/s1. The zero-order chi connectivity index (χ0) is 7.59. The number of nitrogens with two attached hydrogens (primary N) is 1. The zero-order valence-electron chi connectivity index (χ0n) is 6.49. The number of Topliss-reactive ketones (excluding diaryl/α,β-unsaturated/α-hetero) is 1. The molecule has 0 radical (unpaired) electrons. The zero-order valence-corrected chi connectivity index (χ0v) is 6.49. The maximum atomic E-state index is 11.6. The summed E-state index contributed by atoms with van der Waals surface area (Å²) in [5.41, 5.74) is 5.88. The molecule has 0 aromatic heterocycles. The van der Waals surface area contributed by atoms with E-state index in [1.54, 1.807) is 0 Å². The van der Waals surface area contributed by atoms with Gasteiger partial charge in [-0.05, 0) is 31.1 Å². The van der Waals surface area contributed by atoms with Gasteiger partial charge < -0.3 is 5.73 Å².